The number of hydrogen-bond acceptors (Lipinski definition) is 6. The molecule has 38 heavy (non-hydrogen) atoms. The van der Waals surface area contributed by atoms with Gasteiger partial charge in [-0.2, -0.15) is 0 Å². The number of benzene rings is 2. The molecule has 1 saturated heterocycles. The van der Waals surface area contributed by atoms with Crippen LogP contribution >= 0.6 is 0 Å². The zero-order chi connectivity index (χ0) is 27.3. The zero-order valence-electron chi connectivity index (χ0n) is 23.2. The molecule has 202 valence electrons. The maximum Gasteiger partial charge on any atom is 0.342 e. The second-order valence-corrected chi connectivity index (χ2v) is 11.0. The molecular formula is C31H40N4O3. The van der Waals surface area contributed by atoms with Crippen LogP contribution in [-0.2, 0) is 16.1 Å². The van der Waals surface area contributed by atoms with Gasteiger partial charge in [0.15, 0.2) is 0 Å². The largest absolute Gasteiger partial charge is 0.459 e. The van der Waals surface area contributed by atoms with E-state index in [0.717, 1.165) is 49.5 Å². The molecule has 7 nitrogen and oxygen atoms in total. The SMILES string of the molecule is CC1=C(Nc2ccccc2)C(C(=O)OC(C)C)=CN(C(=O)c2cccc(CN3CCNCC3)c2)CC1(C)C. The minimum Gasteiger partial charge on any atom is -0.459 e. The summed E-state index contributed by atoms with van der Waals surface area (Å²) in [6.07, 6.45) is 1.38. The van der Waals surface area contributed by atoms with E-state index in [-0.39, 0.29) is 12.0 Å². The highest BCUT2D eigenvalue weighted by Gasteiger charge is 2.35. The number of nitrogens with one attached hydrogen (secondary N) is 2. The van der Waals surface area contributed by atoms with Crippen LogP contribution in [0.25, 0.3) is 0 Å². The lowest BCUT2D eigenvalue weighted by Crippen LogP contribution is -2.42. The lowest BCUT2D eigenvalue weighted by atomic mass is 9.83. The summed E-state index contributed by atoms with van der Waals surface area (Å²) in [4.78, 5) is 31.4. The first kappa shape index (κ1) is 27.6. The number of piperazine rings is 1. The molecular weight excluding hydrogens is 476 g/mol. The third-order valence-corrected chi connectivity index (χ3v) is 7.17. The fraction of sp³-hybridized carbons (Fsp3) is 0.419. The van der Waals surface area contributed by atoms with E-state index in [9.17, 15) is 9.59 Å². The molecule has 0 saturated carbocycles. The van der Waals surface area contributed by atoms with Crippen molar-refractivity contribution in [1.29, 1.82) is 0 Å². The number of anilines is 1. The van der Waals surface area contributed by atoms with Crippen LogP contribution in [0.2, 0.25) is 0 Å². The average molecular weight is 517 g/mol. The number of carbonyl (C=O) groups is 2. The van der Waals surface area contributed by atoms with Crippen molar-refractivity contribution < 1.29 is 14.3 Å². The number of carbonyl (C=O) groups excluding carboxylic acids is 2. The average Bonchev–Trinajstić information content (AvgIpc) is 2.99. The molecule has 4 rings (SSSR count). The number of amides is 1. The van der Waals surface area contributed by atoms with Gasteiger partial charge in [-0.3, -0.25) is 9.69 Å². The lowest BCUT2D eigenvalue weighted by molar-refractivity contribution is -0.142. The molecule has 7 heteroatoms. The van der Waals surface area contributed by atoms with Crippen LogP contribution in [0.15, 0.2) is 77.6 Å². The van der Waals surface area contributed by atoms with Gasteiger partial charge < -0.3 is 20.3 Å². The Hall–Kier alpha value is -3.42. The van der Waals surface area contributed by atoms with Gasteiger partial charge in [-0.25, -0.2) is 4.79 Å². The fourth-order valence-corrected chi connectivity index (χ4v) is 4.84. The van der Waals surface area contributed by atoms with E-state index in [0.29, 0.717) is 23.4 Å². The van der Waals surface area contributed by atoms with E-state index in [1.165, 1.54) is 0 Å². The van der Waals surface area contributed by atoms with Crippen molar-refractivity contribution in [3.63, 3.8) is 0 Å². The summed E-state index contributed by atoms with van der Waals surface area (Å²) in [5.74, 6) is -0.593. The van der Waals surface area contributed by atoms with E-state index in [1.807, 2.05) is 69.3 Å². The summed E-state index contributed by atoms with van der Waals surface area (Å²) < 4.78 is 5.64. The van der Waals surface area contributed by atoms with E-state index < -0.39 is 11.4 Å². The van der Waals surface area contributed by atoms with Crippen LogP contribution in [0.5, 0.6) is 0 Å². The smallest absolute Gasteiger partial charge is 0.342 e. The molecule has 1 fully saturated rings. The maximum absolute atomic E-state index is 13.9. The zero-order valence-corrected chi connectivity index (χ0v) is 23.2. The van der Waals surface area contributed by atoms with E-state index in [4.69, 9.17) is 4.74 Å². The molecule has 2 aromatic rings. The van der Waals surface area contributed by atoms with Gasteiger partial charge in [-0.15, -0.1) is 0 Å². The summed E-state index contributed by atoms with van der Waals surface area (Å²) in [5, 5.41) is 6.82. The van der Waals surface area contributed by atoms with Gasteiger partial charge in [-0.1, -0.05) is 44.2 Å². The second-order valence-electron chi connectivity index (χ2n) is 11.0. The van der Waals surface area contributed by atoms with Crippen LogP contribution < -0.4 is 10.6 Å². The van der Waals surface area contributed by atoms with Crippen molar-refractivity contribution in [2.75, 3.05) is 38.0 Å². The summed E-state index contributed by atoms with van der Waals surface area (Å²) in [6.45, 7) is 15.0. The second kappa shape index (κ2) is 12.0. The van der Waals surface area contributed by atoms with Crippen molar-refractivity contribution in [2.45, 2.75) is 47.3 Å². The molecule has 0 spiro atoms. The van der Waals surface area contributed by atoms with Crippen LogP contribution in [0.3, 0.4) is 0 Å². The number of hydrogen-bond donors (Lipinski definition) is 2. The van der Waals surface area contributed by atoms with Crippen molar-refractivity contribution in [3.05, 3.63) is 88.8 Å². The fourth-order valence-electron chi connectivity index (χ4n) is 4.84. The van der Waals surface area contributed by atoms with Crippen LogP contribution in [0, 0.1) is 5.41 Å². The molecule has 2 aromatic carbocycles. The Labute approximate surface area is 226 Å². The monoisotopic (exact) mass is 516 g/mol. The molecule has 2 aliphatic rings. The Bertz CT molecular complexity index is 1210. The van der Waals surface area contributed by atoms with Crippen LogP contribution in [0.4, 0.5) is 5.69 Å². The topological polar surface area (TPSA) is 73.9 Å². The predicted molar refractivity (Wildman–Crippen MR) is 151 cm³/mol. The van der Waals surface area contributed by atoms with Gasteiger partial charge in [0.25, 0.3) is 5.91 Å². The first-order chi connectivity index (χ1) is 18.1. The molecule has 1 amide bonds. The normalized spacial score (nSPS) is 18.2. The Morgan fingerprint density at radius 3 is 2.45 bits per heavy atom. The van der Waals surface area contributed by atoms with Crippen molar-refractivity contribution >= 4 is 17.6 Å². The molecule has 0 aliphatic carbocycles. The maximum atomic E-state index is 13.9. The molecule has 0 aromatic heterocycles. The molecule has 2 aliphatic heterocycles. The predicted octanol–water partition coefficient (Wildman–Crippen LogP) is 4.80. The van der Waals surface area contributed by atoms with Crippen molar-refractivity contribution in [1.82, 2.24) is 15.1 Å². The number of esters is 1. The van der Waals surface area contributed by atoms with Crippen molar-refractivity contribution in [3.8, 4) is 0 Å². The minimum absolute atomic E-state index is 0.135. The van der Waals surface area contributed by atoms with Crippen LogP contribution in [-0.4, -0.2) is 60.5 Å². The summed E-state index contributed by atoms with van der Waals surface area (Å²) in [6, 6.07) is 17.6. The highest BCUT2D eigenvalue weighted by Crippen LogP contribution is 2.37. The van der Waals surface area contributed by atoms with Gasteiger partial charge in [0, 0.05) is 62.1 Å². The highest BCUT2D eigenvalue weighted by molar-refractivity contribution is 5.99. The third kappa shape index (κ3) is 6.71. The van der Waals surface area contributed by atoms with E-state index in [1.54, 1.807) is 11.1 Å². The van der Waals surface area contributed by atoms with Crippen LogP contribution in [0.1, 0.15) is 50.5 Å². The Morgan fingerprint density at radius 1 is 1.05 bits per heavy atom. The van der Waals surface area contributed by atoms with Gasteiger partial charge in [-0.05, 0) is 56.2 Å². The number of ether oxygens (including phenoxy) is 1. The Kier molecular flexibility index (Phi) is 8.69. The molecule has 2 N–H and O–H groups in total. The Balaban J connectivity index is 1.69. The molecule has 0 bridgehead atoms. The number of para-hydroxylation sites is 1. The minimum atomic E-state index is -0.458. The molecule has 0 unspecified atom stereocenters. The van der Waals surface area contributed by atoms with E-state index >= 15 is 0 Å². The lowest BCUT2D eigenvalue weighted by Gasteiger charge is -2.31. The van der Waals surface area contributed by atoms with Gasteiger partial charge in [0.1, 0.15) is 0 Å². The Morgan fingerprint density at radius 2 is 1.76 bits per heavy atom. The van der Waals surface area contributed by atoms with Gasteiger partial charge >= 0.3 is 5.97 Å². The molecule has 2 heterocycles. The van der Waals surface area contributed by atoms with Crippen molar-refractivity contribution in [2.24, 2.45) is 5.41 Å². The number of nitrogens with zero attached hydrogens (tertiary/aromatic N) is 2. The highest BCUT2D eigenvalue weighted by atomic mass is 16.5. The summed E-state index contributed by atoms with van der Waals surface area (Å²) in [5.41, 5.74) is 4.18. The molecule has 0 atom stereocenters. The van der Waals surface area contributed by atoms with Gasteiger partial charge in [0.2, 0.25) is 0 Å². The first-order valence-electron chi connectivity index (χ1n) is 13.4. The quantitative estimate of drug-likeness (QED) is 0.516. The molecule has 0 radical (unpaired) electrons. The van der Waals surface area contributed by atoms with Gasteiger partial charge in [0.05, 0.1) is 17.4 Å². The standard InChI is InChI=1S/C31H40N4O3/c1-22(2)38-30(37)27-20-35(21-31(4,5)23(3)28(27)33-26-12-7-6-8-13-26)29(36)25-11-9-10-24(18-25)19-34-16-14-32-15-17-34/h6-13,18,20,22,32-33H,14-17,19,21H2,1-5H3. The van der Waals surface area contributed by atoms with E-state index in [2.05, 4.69) is 35.4 Å². The number of rotatable bonds is 7. The first-order valence-corrected chi connectivity index (χ1v) is 13.4. The summed E-state index contributed by atoms with van der Waals surface area (Å²) >= 11 is 0. The summed E-state index contributed by atoms with van der Waals surface area (Å²) in [7, 11) is 0. The third-order valence-electron chi connectivity index (χ3n) is 7.17.